The summed E-state index contributed by atoms with van der Waals surface area (Å²) in [7, 11) is 0. The van der Waals surface area contributed by atoms with Crippen LogP contribution in [0.25, 0.3) is 0 Å². The van der Waals surface area contributed by atoms with Crippen molar-refractivity contribution in [3.05, 3.63) is 16.1 Å². The van der Waals surface area contributed by atoms with Crippen LogP contribution in [0.2, 0.25) is 0 Å². The molecule has 2 rings (SSSR count). The van der Waals surface area contributed by atoms with Crippen LogP contribution in [-0.2, 0) is 11.3 Å². The van der Waals surface area contributed by atoms with Gasteiger partial charge in [0.05, 0.1) is 11.2 Å². The summed E-state index contributed by atoms with van der Waals surface area (Å²) >= 11 is 1.71. The molecule has 106 valence electrons. The molecule has 2 unspecified atom stereocenters. The monoisotopic (exact) mass is 281 g/mol. The van der Waals surface area contributed by atoms with Gasteiger partial charge < -0.3 is 10.2 Å². The second-order valence-electron chi connectivity index (χ2n) is 5.31. The van der Waals surface area contributed by atoms with Crippen LogP contribution in [0.1, 0.15) is 37.3 Å². The van der Waals surface area contributed by atoms with Crippen LogP contribution in [0.15, 0.2) is 5.51 Å². The summed E-state index contributed by atoms with van der Waals surface area (Å²) in [5.41, 5.74) is 3.03. The number of amides is 1. The Labute approximate surface area is 119 Å². The lowest BCUT2D eigenvalue weighted by Gasteiger charge is -2.37. The van der Waals surface area contributed by atoms with Crippen molar-refractivity contribution in [3.8, 4) is 0 Å². The summed E-state index contributed by atoms with van der Waals surface area (Å²) < 4.78 is 0. The number of piperidine rings is 1. The standard InChI is InChI=1S/C14H23N3OS/c1-4-14(18)17-6-5-12(10(2)8-17)15-7-13-11(3)16-9-19-13/h9-10,12,15H,4-8H2,1-3H3. The molecule has 19 heavy (non-hydrogen) atoms. The predicted molar refractivity (Wildman–Crippen MR) is 78.1 cm³/mol. The van der Waals surface area contributed by atoms with Crippen molar-refractivity contribution in [3.63, 3.8) is 0 Å². The third-order valence-electron chi connectivity index (χ3n) is 3.93. The van der Waals surface area contributed by atoms with Crippen molar-refractivity contribution in [1.29, 1.82) is 0 Å². The van der Waals surface area contributed by atoms with Crippen molar-refractivity contribution < 1.29 is 4.79 Å². The fraction of sp³-hybridized carbons (Fsp3) is 0.714. The normalized spacial score (nSPS) is 23.6. The molecule has 1 saturated heterocycles. The van der Waals surface area contributed by atoms with Crippen molar-refractivity contribution in [2.45, 2.75) is 46.2 Å². The van der Waals surface area contributed by atoms with E-state index in [9.17, 15) is 4.79 Å². The van der Waals surface area contributed by atoms with Gasteiger partial charge >= 0.3 is 0 Å². The Kier molecular flexibility index (Phi) is 4.93. The minimum absolute atomic E-state index is 0.281. The van der Waals surface area contributed by atoms with Gasteiger partial charge in [0, 0.05) is 37.0 Å². The number of carbonyl (C=O) groups is 1. The molecule has 1 aliphatic heterocycles. The van der Waals surface area contributed by atoms with Gasteiger partial charge in [-0.05, 0) is 19.3 Å². The van der Waals surface area contributed by atoms with E-state index in [1.54, 1.807) is 11.3 Å². The Morgan fingerprint density at radius 1 is 1.63 bits per heavy atom. The van der Waals surface area contributed by atoms with E-state index < -0.39 is 0 Å². The predicted octanol–water partition coefficient (Wildman–Crippen LogP) is 2.19. The molecule has 2 heterocycles. The maximum Gasteiger partial charge on any atom is 0.222 e. The molecule has 0 aromatic carbocycles. The van der Waals surface area contributed by atoms with Crippen molar-refractivity contribution in [2.24, 2.45) is 5.92 Å². The van der Waals surface area contributed by atoms with Gasteiger partial charge in [-0.2, -0.15) is 0 Å². The Bertz CT molecular complexity index is 432. The van der Waals surface area contributed by atoms with Gasteiger partial charge in [-0.1, -0.05) is 13.8 Å². The van der Waals surface area contributed by atoms with Crippen molar-refractivity contribution >= 4 is 17.2 Å². The molecular formula is C14H23N3OS. The van der Waals surface area contributed by atoms with Gasteiger partial charge in [0.1, 0.15) is 0 Å². The van der Waals surface area contributed by atoms with E-state index >= 15 is 0 Å². The number of aryl methyl sites for hydroxylation is 1. The first-order valence-electron chi connectivity index (χ1n) is 7.02. The van der Waals surface area contributed by atoms with Crippen LogP contribution in [0.4, 0.5) is 0 Å². The Balaban J connectivity index is 1.83. The summed E-state index contributed by atoms with van der Waals surface area (Å²) in [6, 6.07) is 0.502. The van der Waals surface area contributed by atoms with Crippen LogP contribution in [0.5, 0.6) is 0 Å². The first-order chi connectivity index (χ1) is 9.11. The molecule has 1 fully saturated rings. The lowest BCUT2D eigenvalue weighted by Crippen LogP contribution is -2.49. The third kappa shape index (κ3) is 3.54. The molecule has 0 radical (unpaired) electrons. The number of carbonyl (C=O) groups excluding carboxylic acids is 1. The largest absolute Gasteiger partial charge is 0.342 e. The van der Waals surface area contributed by atoms with Gasteiger partial charge in [-0.15, -0.1) is 11.3 Å². The van der Waals surface area contributed by atoms with Gasteiger partial charge in [-0.25, -0.2) is 4.98 Å². The molecule has 1 aromatic rings. The smallest absolute Gasteiger partial charge is 0.222 e. The van der Waals surface area contributed by atoms with E-state index in [0.29, 0.717) is 18.4 Å². The lowest BCUT2D eigenvalue weighted by molar-refractivity contribution is -0.132. The first kappa shape index (κ1) is 14.5. The van der Waals surface area contributed by atoms with E-state index in [1.807, 2.05) is 17.3 Å². The second kappa shape index (κ2) is 6.48. The second-order valence-corrected chi connectivity index (χ2v) is 6.25. The van der Waals surface area contributed by atoms with E-state index in [4.69, 9.17) is 0 Å². The number of likely N-dealkylation sites (tertiary alicyclic amines) is 1. The third-order valence-corrected chi connectivity index (χ3v) is 4.87. The minimum atomic E-state index is 0.281. The molecule has 0 spiro atoms. The Morgan fingerprint density at radius 3 is 3.00 bits per heavy atom. The van der Waals surface area contributed by atoms with E-state index in [0.717, 1.165) is 31.7 Å². The summed E-state index contributed by atoms with van der Waals surface area (Å²) in [4.78, 5) is 19.3. The van der Waals surface area contributed by atoms with E-state index in [1.165, 1.54) is 4.88 Å². The highest BCUT2D eigenvalue weighted by Crippen LogP contribution is 2.19. The number of aromatic nitrogens is 1. The molecule has 0 bridgehead atoms. The molecule has 0 saturated carbocycles. The van der Waals surface area contributed by atoms with E-state index in [2.05, 4.69) is 24.1 Å². The molecule has 1 aromatic heterocycles. The van der Waals surface area contributed by atoms with Crippen LogP contribution in [0, 0.1) is 12.8 Å². The molecular weight excluding hydrogens is 258 g/mol. The van der Waals surface area contributed by atoms with Crippen LogP contribution < -0.4 is 5.32 Å². The quantitative estimate of drug-likeness (QED) is 0.920. The molecule has 1 aliphatic rings. The maximum atomic E-state index is 11.7. The van der Waals surface area contributed by atoms with Crippen LogP contribution in [0.3, 0.4) is 0 Å². The maximum absolute atomic E-state index is 11.7. The Morgan fingerprint density at radius 2 is 2.42 bits per heavy atom. The number of nitrogens with one attached hydrogen (secondary N) is 1. The van der Waals surface area contributed by atoms with Crippen LogP contribution >= 0.6 is 11.3 Å². The van der Waals surface area contributed by atoms with Crippen molar-refractivity contribution in [2.75, 3.05) is 13.1 Å². The summed E-state index contributed by atoms with van der Waals surface area (Å²) in [5, 5.41) is 3.62. The zero-order chi connectivity index (χ0) is 13.8. The highest BCUT2D eigenvalue weighted by molar-refractivity contribution is 7.09. The molecule has 0 aliphatic carbocycles. The summed E-state index contributed by atoms with van der Waals surface area (Å²) in [6.07, 6.45) is 1.66. The molecule has 2 atom stereocenters. The summed E-state index contributed by atoms with van der Waals surface area (Å²) in [5.74, 6) is 0.793. The zero-order valence-corrected chi connectivity index (χ0v) is 12.8. The van der Waals surface area contributed by atoms with Gasteiger partial charge in [0.25, 0.3) is 0 Å². The van der Waals surface area contributed by atoms with E-state index in [-0.39, 0.29) is 5.91 Å². The first-order valence-corrected chi connectivity index (χ1v) is 7.90. The van der Waals surface area contributed by atoms with Crippen molar-refractivity contribution in [1.82, 2.24) is 15.2 Å². The fourth-order valence-corrected chi connectivity index (χ4v) is 3.35. The highest BCUT2D eigenvalue weighted by atomic mass is 32.1. The molecule has 1 N–H and O–H groups in total. The lowest BCUT2D eigenvalue weighted by atomic mass is 9.93. The minimum Gasteiger partial charge on any atom is -0.342 e. The molecule has 1 amide bonds. The summed E-state index contributed by atoms with van der Waals surface area (Å²) in [6.45, 7) is 8.88. The SMILES string of the molecule is CCC(=O)N1CCC(NCc2scnc2C)C(C)C1. The average molecular weight is 281 g/mol. The zero-order valence-electron chi connectivity index (χ0n) is 12.0. The number of hydrogen-bond acceptors (Lipinski definition) is 4. The van der Waals surface area contributed by atoms with Gasteiger partial charge in [-0.3, -0.25) is 4.79 Å². The van der Waals surface area contributed by atoms with Crippen LogP contribution in [-0.4, -0.2) is 34.9 Å². The number of rotatable bonds is 4. The topological polar surface area (TPSA) is 45.2 Å². The molecule has 4 nitrogen and oxygen atoms in total. The van der Waals surface area contributed by atoms with Gasteiger partial charge in [0.2, 0.25) is 5.91 Å². The average Bonchev–Trinajstić information content (AvgIpc) is 2.82. The number of thiazole rings is 1. The molecule has 5 heteroatoms. The Hall–Kier alpha value is -0.940. The highest BCUT2D eigenvalue weighted by Gasteiger charge is 2.27. The fourth-order valence-electron chi connectivity index (χ4n) is 2.62. The van der Waals surface area contributed by atoms with Gasteiger partial charge in [0.15, 0.2) is 0 Å². The number of hydrogen-bond donors (Lipinski definition) is 1. The number of nitrogens with zero attached hydrogens (tertiary/aromatic N) is 2.